The molecule has 0 bridgehead atoms. The lowest BCUT2D eigenvalue weighted by Crippen LogP contribution is -2.71. The number of carbonyl (C=O) groups is 3. The minimum absolute atomic E-state index is 0.0268. The Morgan fingerprint density at radius 1 is 1.16 bits per heavy atom. The van der Waals surface area contributed by atoms with E-state index < -0.39 is 29.0 Å². The smallest absolute Gasteiger partial charge is 0.229 e. The van der Waals surface area contributed by atoms with E-state index in [1.54, 1.807) is 11.8 Å². The van der Waals surface area contributed by atoms with E-state index in [1.165, 1.54) is 6.42 Å². The summed E-state index contributed by atoms with van der Waals surface area (Å²) in [4.78, 5) is 36.7. The first-order valence-corrected chi connectivity index (χ1v) is 11.2. The van der Waals surface area contributed by atoms with E-state index in [-0.39, 0.29) is 41.9 Å². The van der Waals surface area contributed by atoms with E-state index in [0.29, 0.717) is 19.0 Å². The van der Waals surface area contributed by atoms with Gasteiger partial charge in [-0.1, -0.05) is 13.3 Å². The Morgan fingerprint density at radius 3 is 2.62 bits per heavy atom. The highest BCUT2D eigenvalue weighted by Gasteiger charge is 2.63. The van der Waals surface area contributed by atoms with Crippen LogP contribution in [0.15, 0.2) is 12.1 Å². The predicted molar refractivity (Wildman–Crippen MR) is 112 cm³/mol. The van der Waals surface area contributed by atoms with Crippen LogP contribution in [-0.4, -0.2) is 47.2 Å². The molecule has 2 amide bonds. The average molecular weight is 454 g/mol. The van der Waals surface area contributed by atoms with Crippen LogP contribution in [0.3, 0.4) is 0 Å². The summed E-state index contributed by atoms with van der Waals surface area (Å²) in [5.41, 5.74) is 5.09. The van der Waals surface area contributed by atoms with Crippen molar-refractivity contribution in [1.29, 1.82) is 0 Å². The number of ketones is 1. The van der Waals surface area contributed by atoms with Crippen molar-refractivity contribution in [3.05, 3.63) is 35.1 Å². The second kappa shape index (κ2) is 10.0. The van der Waals surface area contributed by atoms with Crippen molar-refractivity contribution in [2.45, 2.75) is 69.9 Å². The van der Waals surface area contributed by atoms with Crippen molar-refractivity contribution < 1.29 is 27.6 Å². The molecule has 6 nitrogen and oxygen atoms in total. The number of hydrogen-bond donors (Lipinski definition) is 2. The third kappa shape index (κ3) is 4.82. The maximum Gasteiger partial charge on any atom is 0.229 e. The maximum absolute atomic E-state index is 13.7. The molecule has 3 saturated heterocycles. The van der Waals surface area contributed by atoms with Crippen molar-refractivity contribution in [3.8, 4) is 0 Å². The van der Waals surface area contributed by atoms with Gasteiger partial charge in [0.25, 0.3) is 0 Å². The molecule has 176 valence electrons. The standard InChI is InChI=1S/C17H19F3N2O2.C6H11NO/c1-9-16(24)22-4-2-3-17(9,22)15(23)7-11(21)5-10-6-13(19)14(20)8-12(10)18;8-6-4-2-1-3-5-7-6/h6,8-9,11H,2-5,7,21H2,1H3;1-5H2,(H,7,8)/t9?,11-,17?;/m1./s1. The van der Waals surface area contributed by atoms with Gasteiger partial charge in [0.1, 0.15) is 11.4 Å². The normalized spacial score (nSPS) is 25.7. The van der Waals surface area contributed by atoms with Crippen LogP contribution in [0.5, 0.6) is 0 Å². The first-order valence-electron chi connectivity index (χ1n) is 11.2. The largest absolute Gasteiger partial charge is 0.356 e. The van der Waals surface area contributed by atoms with Gasteiger partial charge in [0, 0.05) is 38.0 Å². The Balaban J connectivity index is 0.000000305. The quantitative estimate of drug-likeness (QED) is 0.530. The van der Waals surface area contributed by atoms with Crippen molar-refractivity contribution in [3.63, 3.8) is 0 Å². The lowest BCUT2D eigenvalue weighted by atomic mass is 9.70. The zero-order valence-electron chi connectivity index (χ0n) is 18.3. The Morgan fingerprint density at radius 2 is 1.88 bits per heavy atom. The van der Waals surface area contributed by atoms with Gasteiger partial charge in [0.05, 0.1) is 5.92 Å². The molecule has 3 aliphatic heterocycles. The van der Waals surface area contributed by atoms with Gasteiger partial charge in [-0.25, -0.2) is 13.2 Å². The molecule has 1 aromatic rings. The number of rotatable bonds is 5. The molecule has 3 fully saturated rings. The molecule has 3 heterocycles. The Hall–Kier alpha value is -2.42. The Bertz CT molecular complexity index is 885. The molecule has 1 aromatic carbocycles. The van der Waals surface area contributed by atoms with Crippen molar-refractivity contribution in [2.24, 2.45) is 11.7 Å². The summed E-state index contributed by atoms with van der Waals surface area (Å²) >= 11 is 0. The fraction of sp³-hybridized carbons (Fsp3) is 0.609. The fourth-order valence-corrected chi connectivity index (χ4v) is 4.89. The van der Waals surface area contributed by atoms with Gasteiger partial charge in [-0.3, -0.25) is 14.4 Å². The zero-order valence-corrected chi connectivity index (χ0v) is 18.3. The van der Waals surface area contributed by atoms with E-state index in [4.69, 9.17) is 5.73 Å². The van der Waals surface area contributed by atoms with Gasteiger partial charge >= 0.3 is 0 Å². The van der Waals surface area contributed by atoms with Gasteiger partial charge in [-0.05, 0) is 43.7 Å². The second-order valence-electron chi connectivity index (χ2n) is 8.85. The molecule has 3 N–H and O–H groups in total. The number of nitrogens with two attached hydrogens (primary N) is 1. The first kappa shape index (κ1) is 24.2. The predicted octanol–water partition coefficient (Wildman–Crippen LogP) is 2.62. The lowest BCUT2D eigenvalue weighted by molar-refractivity contribution is -0.170. The average Bonchev–Trinajstić information content (AvgIpc) is 3.01. The molecule has 3 atom stereocenters. The topological polar surface area (TPSA) is 92.5 Å². The third-order valence-corrected chi connectivity index (χ3v) is 6.68. The Labute approximate surface area is 185 Å². The van der Waals surface area contributed by atoms with Gasteiger partial charge in [-0.2, -0.15) is 0 Å². The highest BCUT2D eigenvalue weighted by atomic mass is 19.2. The second-order valence-corrected chi connectivity index (χ2v) is 8.85. The van der Waals surface area contributed by atoms with Crippen LogP contribution < -0.4 is 11.1 Å². The van der Waals surface area contributed by atoms with E-state index in [0.717, 1.165) is 38.3 Å². The van der Waals surface area contributed by atoms with Crippen LogP contribution in [0.2, 0.25) is 0 Å². The summed E-state index contributed by atoms with van der Waals surface area (Å²) in [6.45, 7) is 3.20. The van der Waals surface area contributed by atoms with Gasteiger partial charge in [0.15, 0.2) is 17.4 Å². The minimum atomic E-state index is -1.26. The highest BCUT2D eigenvalue weighted by Crippen LogP contribution is 2.47. The number of nitrogens with one attached hydrogen (secondary N) is 1. The molecule has 0 aromatic heterocycles. The molecule has 2 unspecified atom stereocenters. The summed E-state index contributed by atoms with van der Waals surface area (Å²) in [6, 6.07) is 0.519. The number of benzene rings is 1. The van der Waals surface area contributed by atoms with E-state index in [2.05, 4.69) is 5.32 Å². The van der Waals surface area contributed by atoms with E-state index >= 15 is 0 Å². The lowest BCUT2D eigenvalue weighted by Gasteiger charge is -2.51. The number of halogens is 3. The van der Waals surface area contributed by atoms with Crippen LogP contribution >= 0.6 is 0 Å². The summed E-state index contributed by atoms with van der Waals surface area (Å²) in [5, 5.41) is 2.81. The summed E-state index contributed by atoms with van der Waals surface area (Å²) in [5.74, 6) is -3.60. The summed E-state index contributed by atoms with van der Waals surface area (Å²) in [7, 11) is 0. The first-order chi connectivity index (χ1) is 15.2. The van der Waals surface area contributed by atoms with Crippen LogP contribution in [-0.2, 0) is 20.8 Å². The van der Waals surface area contributed by atoms with Gasteiger partial charge < -0.3 is 16.0 Å². The molecule has 4 rings (SSSR count). The Kier molecular flexibility index (Phi) is 7.59. The number of Topliss-reactive ketones (excluding diaryl/α,β-unsaturated/α-hetero) is 1. The van der Waals surface area contributed by atoms with E-state index in [1.807, 2.05) is 0 Å². The summed E-state index contributed by atoms with van der Waals surface area (Å²) in [6.07, 6.45) is 5.45. The highest BCUT2D eigenvalue weighted by molar-refractivity contribution is 6.04. The fourth-order valence-electron chi connectivity index (χ4n) is 4.89. The molecule has 0 saturated carbocycles. The molecule has 0 spiro atoms. The van der Waals surface area contributed by atoms with Gasteiger partial charge in [0.2, 0.25) is 11.8 Å². The van der Waals surface area contributed by atoms with Gasteiger partial charge in [-0.15, -0.1) is 0 Å². The van der Waals surface area contributed by atoms with Crippen LogP contribution in [0.25, 0.3) is 0 Å². The number of carbonyl (C=O) groups excluding carboxylic acids is 3. The molecular formula is C23H30F3N3O3. The molecule has 0 radical (unpaired) electrons. The van der Waals surface area contributed by atoms with E-state index in [9.17, 15) is 27.6 Å². The number of β-lactam (4-membered cyclic amide) rings is 1. The number of amides is 2. The van der Waals surface area contributed by atoms with Crippen molar-refractivity contribution in [2.75, 3.05) is 13.1 Å². The molecular weight excluding hydrogens is 423 g/mol. The zero-order chi connectivity index (χ0) is 23.5. The molecule has 9 heteroatoms. The molecule has 0 aliphatic carbocycles. The minimum Gasteiger partial charge on any atom is -0.356 e. The molecule has 32 heavy (non-hydrogen) atoms. The van der Waals surface area contributed by atoms with Crippen LogP contribution in [0.4, 0.5) is 13.2 Å². The number of hydrogen-bond acceptors (Lipinski definition) is 4. The number of fused-ring (bicyclic) bond motifs is 1. The SMILES string of the molecule is CC1C(=O)N2CCCC12C(=O)C[C@H](N)Cc1cc(F)c(F)cc1F.O=C1CCCCCN1. The summed E-state index contributed by atoms with van der Waals surface area (Å²) < 4.78 is 39.9. The van der Waals surface area contributed by atoms with Crippen molar-refractivity contribution >= 4 is 17.6 Å². The monoisotopic (exact) mass is 453 g/mol. The third-order valence-electron chi connectivity index (χ3n) is 6.68. The molecule has 3 aliphatic rings. The van der Waals surface area contributed by atoms with Crippen molar-refractivity contribution in [1.82, 2.24) is 10.2 Å². The number of nitrogens with zero attached hydrogens (tertiary/aromatic N) is 1. The van der Waals surface area contributed by atoms with Crippen LogP contribution in [0.1, 0.15) is 57.4 Å². The van der Waals surface area contributed by atoms with Crippen LogP contribution in [0, 0.1) is 23.4 Å². The maximum atomic E-state index is 13.7.